The number of anilines is 1. The normalized spacial score (nSPS) is 20.0. The summed E-state index contributed by atoms with van der Waals surface area (Å²) < 4.78 is 4.35. The van der Waals surface area contributed by atoms with E-state index in [0.29, 0.717) is 6.54 Å². The average Bonchev–Trinajstić information content (AvgIpc) is 2.57. The molecule has 1 heterocycles. The Hall–Kier alpha value is -0.190. The lowest BCUT2D eigenvalue weighted by atomic mass is 10.1. The Kier molecular flexibility index (Phi) is 7.96. The molecule has 24 heavy (non-hydrogen) atoms. The number of alkyl halides is 3. The summed E-state index contributed by atoms with van der Waals surface area (Å²) in [5.41, 5.74) is 2.16. The first-order valence-electron chi connectivity index (χ1n) is 8.72. The van der Waals surface area contributed by atoms with Gasteiger partial charge in [-0.3, -0.25) is 0 Å². The molecule has 2 rings (SSSR count). The van der Waals surface area contributed by atoms with Gasteiger partial charge in [0.2, 0.25) is 3.79 Å². The van der Waals surface area contributed by atoms with E-state index in [1.54, 1.807) is 0 Å². The zero-order valence-corrected chi connectivity index (χ0v) is 16.7. The van der Waals surface area contributed by atoms with Gasteiger partial charge >= 0.3 is 0 Å². The molecule has 0 unspecified atom stereocenters. The molecule has 1 N–H and O–H groups in total. The minimum atomic E-state index is -1.41. The summed E-state index contributed by atoms with van der Waals surface area (Å²) >= 11 is 18.7. The molecule has 6 heteroatoms. The fraction of sp³-hybridized carbons (Fsp3) is 0.667. The van der Waals surface area contributed by atoms with Gasteiger partial charge in [0.05, 0.1) is 12.1 Å². The Morgan fingerprint density at radius 2 is 1.83 bits per heavy atom. The molecule has 1 aliphatic heterocycles. The van der Waals surface area contributed by atoms with Crippen LogP contribution in [0.5, 0.6) is 0 Å². The molecule has 1 aliphatic rings. The maximum absolute atomic E-state index is 6.23. The Morgan fingerprint density at radius 3 is 2.33 bits per heavy atom. The zero-order chi connectivity index (χ0) is 17.6. The molecule has 0 spiro atoms. The molecule has 3 nitrogen and oxygen atoms in total. The summed E-state index contributed by atoms with van der Waals surface area (Å²) in [6.07, 6.45) is 3.59. The van der Waals surface area contributed by atoms with Crippen molar-refractivity contribution in [2.75, 3.05) is 31.1 Å². The van der Waals surface area contributed by atoms with Crippen molar-refractivity contribution in [3.8, 4) is 0 Å². The fourth-order valence-electron chi connectivity index (χ4n) is 3.11. The van der Waals surface area contributed by atoms with Crippen LogP contribution in [0.3, 0.4) is 0 Å². The highest BCUT2D eigenvalue weighted by Gasteiger charge is 2.34. The smallest absolute Gasteiger partial charge is 0.209 e. The molecule has 0 aliphatic carbocycles. The standard InChI is InChI=1S/C18H27Cl3N2O/c1-3-23(4-2)15-10-8-14(9-11-15)17(18(19,20)21)22-13-16-7-5-6-12-24-16/h8-11,16-17,22H,3-7,12-13H2,1-2H3/t16-,17+/m1/s1. The molecule has 136 valence electrons. The highest BCUT2D eigenvalue weighted by Crippen LogP contribution is 2.40. The van der Waals surface area contributed by atoms with Crippen LogP contribution in [0.15, 0.2) is 24.3 Å². The number of nitrogens with one attached hydrogen (secondary N) is 1. The van der Waals surface area contributed by atoms with Crippen molar-refractivity contribution in [3.05, 3.63) is 29.8 Å². The van der Waals surface area contributed by atoms with E-state index in [9.17, 15) is 0 Å². The Labute approximate surface area is 160 Å². The quantitative estimate of drug-likeness (QED) is 0.652. The largest absolute Gasteiger partial charge is 0.377 e. The number of ether oxygens (including phenoxy) is 1. The average molecular weight is 394 g/mol. The van der Waals surface area contributed by atoms with Gasteiger partial charge in [0.1, 0.15) is 0 Å². The molecule has 2 atom stereocenters. The molecule has 1 aromatic rings. The van der Waals surface area contributed by atoms with Crippen LogP contribution in [-0.4, -0.2) is 36.1 Å². The van der Waals surface area contributed by atoms with E-state index in [1.807, 2.05) is 12.1 Å². The van der Waals surface area contributed by atoms with E-state index in [2.05, 4.69) is 36.2 Å². The summed E-state index contributed by atoms with van der Waals surface area (Å²) in [6, 6.07) is 7.89. The first kappa shape index (κ1) is 20.1. The lowest BCUT2D eigenvalue weighted by molar-refractivity contribution is 0.0154. The van der Waals surface area contributed by atoms with Crippen LogP contribution >= 0.6 is 34.8 Å². The Morgan fingerprint density at radius 1 is 1.17 bits per heavy atom. The van der Waals surface area contributed by atoms with Crippen LogP contribution in [0.2, 0.25) is 0 Å². The van der Waals surface area contributed by atoms with Crippen molar-refractivity contribution < 1.29 is 4.74 Å². The monoisotopic (exact) mass is 392 g/mol. The minimum Gasteiger partial charge on any atom is -0.377 e. The van der Waals surface area contributed by atoms with Crippen molar-refractivity contribution in [1.82, 2.24) is 5.32 Å². The van der Waals surface area contributed by atoms with E-state index < -0.39 is 3.79 Å². The summed E-state index contributed by atoms with van der Waals surface area (Å²) in [6.45, 7) is 7.75. The summed E-state index contributed by atoms with van der Waals surface area (Å²) in [7, 11) is 0. The molecule has 1 fully saturated rings. The zero-order valence-electron chi connectivity index (χ0n) is 14.4. The SMILES string of the molecule is CCN(CC)c1ccc([C@H](NC[C@H]2CCCCO2)C(Cl)(Cl)Cl)cc1. The number of benzene rings is 1. The molecule has 1 saturated heterocycles. The number of rotatable bonds is 7. The van der Waals surface area contributed by atoms with Crippen molar-refractivity contribution in [3.63, 3.8) is 0 Å². The third-order valence-corrected chi connectivity index (χ3v) is 5.16. The molecule has 0 aromatic heterocycles. The molecule has 0 radical (unpaired) electrons. The molecule has 1 aromatic carbocycles. The molecular formula is C18H27Cl3N2O. The van der Waals surface area contributed by atoms with E-state index in [-0.39, 0.29) is 12.1 Å². The maximum Gasteiger partial charge on any atom is 0.209 e. The number of hydrogen-bond donors (Lipinski definition) is 1. The Balaban J connectivity index is 2.06. The van der Waals surface area contributed by atoms with E-state index in [1.165, 1.54) is 12.1 Å². The van der Waals surface area contributed by atoms with Gasteiger partial charge in [-0.1, -0.05) is 46.9 Å². The lowest BCUT2D eigenvalue weighted by Crippen LogP contribution is -2.39. The van der Waals surface area contributed by atoms with Crippen molar-refractivity contribution >= 4 is 40.5 Å². The second-order valence-electron chi connectivity index (χ2n) is 6.14. The van der Waals surface area contributed by atoms with Crippen molar-refractivity contribution in [1.29, 1.82) is 0 Å². The van der Waals surface area contributed by atoms with Gasteiger partial charge < -0.3 is 15.0 Å². The molecule has 0 amide bonds. The van der Waals surface area contributed by atoms with Crippen LogP contribution in [0.25, 0.3) is 0 Å². The summed E-state index contributed by atoms with van der Waals surface area (Å²) in [5, 5.41) is 3.39. The van der Waals surface area contributed by atoms with E-state index in [0.717, 1.165) is 38.1 Å². The summed E-state index contributed by atoms with van der Waals surface area (Å²) in [4.78, 5) is 2.29. The molecule has 0 bridgehead atoms. The first-order valence-corrected chi connectivity index (χ1v) is 9.85. The van der Waals surface area contributed by atoms with Crippen LogP contribution < -0.4 is 10.2 Å². The van der Waals surface area contributed by atoms with Crippen LogP contribution in [0, 0.1) is 0 Å². The molecule has 0 saturated carbocycles. The maximum atomic E-state index is 6.23. The minimum absolute atomic E-state index is 0.198. The van der Waals surface area contributed by atoms with E-state index in [4.69, 9.17) is 39.5 Å². The van der Waals surface area contributed by atoms with Gasteiger partial charge in [0.25, 0.3) is 0 Å². The van der Waals surface area contributed by atoms with Gasteiger partial charge in [-0.2, -0.15) is 0 Å². The topological polar surface area (TPSA) is 24.5 Å². The van der Waals surface area contributed by atoms with Gasteiger partial charge in [-0.15, -0.1) is 0 Å². The first-order chi connectivity index (χ1) is 11.5. The predicted molar refractivity (Wildman–Crippen MR) is 105 cm³/mol. The highest BCUT2D eigenvalue weighted by molar-refractivity contribution is 6.68. The number of halogens is 3. The van der Waals surface area contributed by atoms with Crippen molar-refractivity contribution in [2.24, 2.45) is 0 Å². The molecular weight excluding hydrogens is 367 g/mol. The Bertz CT molecular complexity index is 480. The number of hydrogen-bond acceptors (Lipinski definition) is 3. The second kappa shape index (κ2) is 9.49. The van der Waals surface area contributed by atoms with Crippen molar-refractivity contribution in [2.45, 2.75) is 49.0 Å². The third kappa shape index (κ3) is 5.67. The summed E-state index contributed by atoms with van der Waals surface area (Å²) in [5.74, 6) is 0. The van der Waals surface area contributed by atoms with Crippen LogP contribution in [-0.2, 0) is 4.74 Å². The van der Waals surface area contributed by atoms with Crippen LogP contribution in [0.4, 0.5) is 5.69 Å². The van der Waals surface area contributed by atoms with E-state index >= 15 is 0 Å². The van der Waals surface area contributed by atoms with Gasteiger partial charge in [0, 0.05) is 31.9 Å². The predicted octanol–water partition coefficient (Wildman–Crippen LogP) is 5.10. The lowest BCUT2D eigenvalue weighted by Gasteiger charge is -2.30. The van der Waals surface area contributed by atoms with Crippen LogP contribution in [0.1, 0.15) is 44.7 Å². The third-order valence-electron chi connectivity index (χ3n) is 4.51. The number of nitrogens with zero attached hydrogens (tertiary/aromatic N) is 1. The fourth-order valence-corrected chi connectivity index (χ4v) is 3.72. The van der Waals surface area contributed by atoms with Gasteiger partial charge in [-0.25, -0.2) is 0 Å². The highest BCUT2D eigenvalue weighted by atomic mass is 35.6. The van der Waals surface area contributed by atoms with Gasteiger partial charge in [0.15, 0.2) is 0 Å². The van der Waals surface area contributed by atoms with Gasteiger partial charge in [-0.05, 0) is 50.8 Å². The second-order valence-corrected chi connectivity index (χ2v) is 8.50.